The molecule has 1 heterocycles. The first-order valence-electron chi connectivity index (χ1n) is 6.89. The molecule has 106 valence electrons. The van der Waals surface area contributed by atoms with Gasteiger partial charge in [0.15, 0.2) is 0 Å². The molecule has 2 nitrogen and oxygen atoms in total. The highest BCUT2D eigenvalue weighted by atomic mass is 79.9. The van der Waals surface area contributed by atoms with Gasteiger partial charge in [-0.25, -0.2) is 0 Å². The summed E-state index contributed by atoms with van der Waals surface area (Å²) in [4.78, 5) is 2.50. The van der Waals surface area contributed by atoms with Gasteiger partial charge in [0.05, 0.1) is 0 Å². The zero-order valence-corrected chi connectivity index (χ0v) is 14.2. The van der Waals surface area contributed by atoms with Crippen molar-refractivity contribution < 1.29 is 0 Å². The Morgan fingerprint density at radius 1 is 1.37 bits per heavy atom. The van der Waals surface area contributed by atoms with Gasteiger partial charge in [0.25, 0.3) is 0 Å². The molecule has 0 aromatic heterocycles. The summed E-state index contributed by atoms with van der Waals surface area (Å²) < 4.78 is 1.59. The van der Waals surface area contributed by atoms with E-state index in [0.29, 0.717) is 11.3 Å². The van der Waals surface area contributed by atoms with Crippen molar-refractivity contribution in [1.29, 1.82) is 0 Å². The van der Waals surface area contributed by atoms with Gasteiger partial charge < -0.3 is 10.6 Å². The third-order valence-electron chi connectivity index (χ3n) is 3.65. The Bertz CT molecular complexity index is 434. The van der Waals surface area contributed by atoms with E-state index < -0.39 is 0 Å². The summed E-state index contributed by atoms with van der Waals surface area (Å²) in [5.41, 5.74) is 8.25. The molecule has 0 spiro atoms. The lowest BCUT2D eigenvalue weighted by molar-refractivity contribution is 0.637. The fraction of sp³-hybridized carbons (Fsp3) is 0.600. The van der Waals surface area contributed by atoms with Crippen LogP contribution in [0.15, 0.2) is 22.7 Å². The number of benzene rings is 1. The van der Waals surface area contributed by atoms with Gasteiger partial charge in [-0.1, -0.05) is 35.8 Å². The van der Waals surface area contributed by atoms with Crippen LogP contribution in [0.5, 0.6) is 0 Å². The molecular weight excluding hydrogens is 320 g/mol. The smallest absolute Gasteiger partial charge is 0.0377 e. The lowest BCUT2D eigenvalue weighted by atomic mass is 10.1. The molecule has 2 N–H and O–H groups in total. The molecule has 1 fully saturated rings. The number of hydrogen-bond donors (Lipinski definition) is 1. The van der Waals surface area contributed by atoms with Crippen molar-refractivity contribution in [2.75, 3.05) is 30.3 Å². The Morgan fingerprint density at radius 2 is 2.16 bits per heavy atom. The molecule has 19 heavy (non-hydrogen) atoms. The fourth-order valence-electron chi connectivity index (χ4n) is 2.37. The van der Waals surface area contributed by atoms with Crippen LogP contribution in [0.2, 0.25) is 0 Å². The van der Waals surface area contributed by atoms with Crippen molar-refractivity contribution in [2.45, 2.75) is 31.4 Å². The van der Waals surface area contributed by atoms with Crippen LogP contribution >= 0.6 is 27.7 Å². The number of hydrogen-bond acceptors (Lipinski definition) is 3. The normalized spacial score (nSPS) is 19.3. The van der Waals surface area contributed by atoms with E-state index in [1.807, 2.05) is 0 Å². The van der Waals surface area contributed by atoms with Crippen molar-refractivity contribution in [1.82, 2.24) is 0 Å². The van der Waals surface area contributed by atoms with Crippen LogP contribution in [0.25, 0.3) is 0 Å². The highest BCUT2D eigenvalue weighted by Crippen LogP contribution is 2.33. The monoisotopic (exact) mass is 342 g/mol. The lowest BCUT2D eigenvalue weighted by Crippen LogP contribution is -2.26. The van der Waals surface area contributed by atoms with Crippen LogP contribution in [0.4, 0.5) is 5.69 Å². The zero-order valence-electron chi connectivity index (χ0n) is 11.8. The second-order valence-corrected chi connectivity index (χ2v) is 8.32. The maximum absolute atomic E-state index is 5.63. The van der Waals surface area contributed by atoms with Crippen molar-refractivity contribution in [2.24, 2.45) is 5.73 Å². The molecule has 0 unspecified atom stereocenters. The van der Waals surface area contributed by atoms with Crippen LogP contribution in [0, 0.1) is 0 Å². The maximum atomic E-state index is 5.63. The maximum Gasteiger partial charge on any atom is 0.0377 e. The van der Waals surface area contributed by atoms with E-state index in [0.717, 1.165) is 19.5 Å². The molecule has 1 saturated heterocycles. The van der Waals surface area contributed by atoms with Gasteiger partial charge in [0, 0.05) is 33.7 Å². The number of thioether (sulfide) groups is 1. The van der Waals surface area contributed by atoms with E-state index in [1.54, 1.807) is 0 Å². The van der Waals surface area contributed by atoms with E-state index >= 15 is 0 Å². The van der Waals surface area contributed by atoms with Gasteiger partial charge in [0.2, 0.25) is 0 Å². The number of nitrogens with zero attached hydrogens (tertiary/aromatic N) is 1. The molecule has 1 aliphatic heterocycles. The average molecular weight is 343 g/mol. The number of rotatable bonds is 3. The minimum Gasteiger partial charge on any atom is -0.371 e. The van der Waals surface area contributed by atoms with Crippen molar-refractivity contribution in [3.05, 3.63) is 28.2 Å². The van der Waals surface area contributed by atoms with E-state index in [9.17, 15) is 0 Å². The second kappa shape index (κ2) is 6.51. The molecule has 0 atom stereocenters. The van der Waals surface area contributed by atoms with Crippen LogP contribution in [0.3, 0.4) is 0 Å². The molecular formula is C15H23BrN2S. The van der Waals surface area contributed by atoms with Crippen molar-refractivity contribution in [3.8, 4) is 0 Å². The third-order valence-corrected chi connectivity index (χ3v) is 5.76. The van der Waals surface area contributed by atoms with Crippen LogP contribution < -0.4 is 10.6 Å². The van der Waals surface area contributed by atoms with Crippen LogP contribution in [0.1, 0.15) is 25.8 Å². The van der Waals surface area contributed by atoms with Gasteiger partial charge >= 0.3 is 0 Å². The van der Waals surface area contributed by atoms with E-state index in [1.165, 1.54) is 27.9 Å². The first-order valence-corrected chi connectivity index (χ1v) is 8.67. The largest absolute Gasteiger partial charge is 0.371 e. The molecule has 0 bridgehead atoms. The summed E-state index contributed by atoms with van der Waals surface area (Å²) >= 11 is 5.75. The highest BCUT2D eigenvalue weighted by Gasteiger charge is 2.23. The minimum absolute atomic E-state index is 0.408. The molecule has 0 amide bonds. The number of halogens is 1. The molecule has 0 saturated carbocycles. The lowest BCUT2D eigenvalue weighted by Gasteiger charge is -2.24. The topological polar surface area (TPSA) is 29.3 Å². The predicted octanol–water partition coefficient (Wildman–Crippen LogP) is 3.67. The Balaban J connectivity index is 2.11. The Labute approximate surface area is 129 Å². The van der Waals surface area contributed by atoms with Gasteiger partial charge in [-0.2, -0.15) is 11.8 Å². The second-order valence-electron chi connectivity index (χ2n) is 5.66. The summed E-state index contributed by atoms with van der Waals surface area (Å²) in [7, 11) is 0. The highest BCUT2D eigenvalue weighted by molar-refractivity contribution is 9.10. The average Bonchev–Trinajstić information content (AvgIpc) is 2.53. The quantitative estimate of drug-likeness (QED) is 0.908. The number of anilines is 1. The van der Waals surface area contributed by atoms with E-state index in [-0.39, 0.29) is 0 Å². The standard InChI is InChI=1S/C15H23BrN2S/c1-15(2)6-8-18(9-10-19-15)13-4-3-12(5-7-17)14(16)11-13/h3-4,11H,5-10,17H2,1-2H3. The predicted molar refractivity (Wildman–Crippen MR) is 90.3 cm³/mol. The van der Waals surface area contributed by atoms with Crippen LogP contribution in [-0.2, 0) is 6.42 Å². The Morgan fingerprint density at radius 3 is 2.84 bits per heavy atom. The summed E-state index contributed by atoms with van der Waals surface area (Å²) in [5.74, 6) is 1.20. The molecule has 4 heteroatoms. The summed E-state index contributed by atoms with van der Waals surface area (Å²) in [5, 5.41) is 0. The summed E-state index contributed by atoms with van der Waals surface area (Å²) in [6.45, 7) is 7.68. The Kier molecular flexibility index (Phi) is 5.21. The van der Waals surface area contributed by atoms with Gasteiger partial charge in [-0.05, 0) is 37.1 Å². The molecule has 0 aliphatic carbocycles. The third kappa shape index (κ3) is 4.14. The zero-order chi connectivity index (χ0) is 13.9. The van der Waals surface area contributed by atoms with Gasteiger partial charge in [-0.15, -0.1) is 0 Å². The van der Waals surface area contributed by atoms with Gasteiger partial charge in [-0.3, -0.25) is 0 Å². The van der Waals surface area contributed by atoms with Crippen LogP contribution in [-0.4, -0.2) is 30.1 Å². The fourth-order valence-corrected chi connectivity index (χ4v) is 4.03. The van der Waals surface area contributed by atoms with Gasteiger partial charge in [0.1, 0.15) is 0 Å². The van der Waals surface area contributed by atoms with E-state index in [2.05, 4.69) is 64.6 Å². The summed E-state index contributed by atoms with van der Waals surface area (Å²) in [6.07, 6.45) is 2.17. The molecule has 1 aliphatic rings. The molecule has 2 rings (SSSR count). The molecule has 1 aromatic carbocycles. The first-order chi connectivity index (χ1) is 9.02. The number of nitrogens with two attached hydrogens (primary N) is 1. The van der Waals surface area contributed by atoms with E-state index in [4.69, 9.17) is 5.73 Å². The first kappa shape index (κ1) is 15.2. The molecule has 0 radical (unpaired) electrons. The van der Waals surface area contributed by atoms with Crippen molar-refractivity contribution >= 4 is 33.4 Å². The van der Waals surface area contributed by atoms with Crippen molar-refractivity contribution in [3.63, 3.8) is 0 Å². The molecule has 1 aromatic rings. The SMILES string of the molecule is CC1(C)CCN(c2ccc(CCN)c(Br)c2)CCS1. The Hall–Kier alpha value is -0.190. The summed E-state index contributed by atoms with van der Waals surface area (Å²) in [6, 6.07) is 6.68. The minimum atomic E-state index is 0.408.